The minimum atomic E-state index is -0.633. The third-order valence-corrected chi connectivity index (χ3v) is 4.63. The molecule has 0 saturated carbocycles. The maximum Gasteiger partial charge on any atom is 0.433 e. The van der Waals surface area contributed by atoms with Crippen molar-refractivity contribution in [1.82, 2.24) is 14.8 Å². The summed E-state index contributed by atoms with van der Waals surface area (Å²) in [6.07, 6.45) is 3.78. The van der Waals surface area contributed by atoms with Crippen LogP contribution in [0, 0.1) is 10.1 Å². The second-order valence-electron chi connectivity index (χ2n) is 5.50. The number of furan rings is 1. The Balaban J connectivity index is 1.89. The van der Waals surface area contributed by atoms with Crippen LogP contribution in [0.4, 0.5) is 11.8 Å². The first kappa shape index (κ1) is 14.9. The lowest BCUT2D eigenvalue weighted by Gasteiger charge is -2.30. The lowest BCUT2D eigenvalue weighted by Crippen LogP contribution is -2.31. The Morgan fingerprint density at radius 2 is 2.29 bits per heavy atom. The molecule has 10 heteroatoms. The average molecular weight is 347 g/mol. The van der Waals surface area contributed by atoms with Crippen molar-refractivity contribution < 1.29 is 14.1 Å². The van der Waals surface area contributed by atoms with E-state index >= 15 is 0 Å². The summed E-state index contributed by atoms with van der Waals surface area (Å²) in [6, 6.07) is 2.17. The third-order valence-electron chi connectivity index (χ3n) is 4.09. The van der Waals surface area contributed by atoms with Crippen LogP contribution in [0.15, 0.2) is 33.0 Å². The fourth-order valence-electron chi connectivity index (χ4n) is 3.07. The van der Waals surface area contributed by atoms with Gasteiger partial charge in [-0.2, -0.15) is 4.98 Å². The van der Waals surface area contributed by atoms with Crippen molar-refractivity contribution >= 4 is 29.4 Å². The number of ketones is 1. The second kappa shape index (κ2) is 5.48. The van der Waals surface area contributed by atoms with Crippen LogP contribution in [0.1, 0.15) is 31.1 Å². The number of carbonyl (C=O) groups excluding carboxylic acids is 1. The van der Waals surface area contributed by atoms with Gasteiger partial charge in [0.2, 0.25) is 11.1 Å². The topological polar surface area (TPSA) is 116 Å². The first-order valence-electron chi connectivity index (χ1n) is 7.36. The van der Waals surface area contributed by atoms with Gasteiger partial charge in [-0.1, -0.05) is 11.8 Å². The van der Waals surface area contributed by atoms with E-state index in [2.05, 4.69) is 15.4 Å². The van der Waals surface area contributed by atoms with E-state index in [4.69, 9.17) is 4.42 Å². The summed E-state index contributed by atoms with van der Waals surface area (Å²) in [4.78, 5) is 27.2. The Labute approximate surface area is 140 Å². The quantitative estimate of drug-likeness (QED) is 0.511. The van der Waals surface area contributed by atoms with Gasteiger partial charge in [0.15, 0.2) is 5.78 Å². The van der Waals surface area contributed by atoms with E-state index in [1.54, 1.807) is 4.68 Å². The number of fused-ring (bicyclic) bond motifs is 1. The van der Waals surface area contributed by atoms with Crippen molar-refractivity contribution in [3.63, 3.8) is 0 Å². The van der Waals surface area contributed by atoms with Crippen molar-refractivity contribution in [1.29, 1.82) is 0 Å². The Kier molecular flexibility index (Phi) is 3.41. The van der Waals surface area contributed by atoms with Crippen LogP contribution in [0.2, 0.25) is 0 Å². The smallest absolute Gasteiger partial charge is 0.403 e. The number of carbonyl (C=O) groups is 1. The Hall–Kier alpha value is -2.62. The molecule has 24 heavy (non-hydrogen) atoms. The van der Waals surface area contributed by atoms with Gasteiger partial charge in [-0.3, -0.25) is 14.9 Å². The molecule has 1 atom stereocenters. The fourth-order valence-corrected chi connectivity index (χ4v) is 3.42. The summed E-state index contributed by atoms with van der Waals surface area (Å²) >= 11 is 1.38. The predicted molar refractivity (Wildman–Crippen MR) is 84.8 cm³/mol. The first-order chi connectivity index (χ1) is 11.6. The van der Waals surface area contributed by atoms with E-state index in [1.165, 1.54) is 23.9 Å². The molecule has 0 aromatic carbocycles. The number of nitro groups is 1. The molecular weight excluding hydrogens is 334 g/mol. The summed E-state index contributed by atoms with van der Waals surface area (Å²) in [5.41, 5.74) is 1.35. The molecule has 1 aliphatic carbocycles. The van der Waals surface area contributed by atoms with Gasteiger partial charge in [-0.05, 0) is 25.2 Å². The minimum absolute atomic E-state index is 0.000320. The summed E-state index contributed by atoms with van der Waals surface area (Å²) in [6.45, 7) is 0. The number of allylic oxidation sites excluding steroid dienone is 2. The SMILES string of the molecule is CSc1nc2n(n1)C(c1ccc([N+](=O)[O-])o1)C1=C(CCCC1=O)N2. The number of Topliss-reactive ketones (excluding diaryl/α,β-unsaturated/α-hetero) is 1. The van der Waals surface area contributed by atoms with Gasteiger partial charge < -0.3 is 9.73 Å². The lowest BCUT2D eigenvalue weighted by atomic mass is 9.88. The van der Waals surface area contributed by atoms with E-state index < -0.39 is 11.0 Å². The molecule has 0 spiro atoms. The molecule has 3 heterocycles. The van der Waals surface area contributed by atoms with Crippen LogP contribution in [-0.4, -0.2) is 31.7 Å². The summed E-state index contributed by atoms with van der Waals surface area (Å²) < 4.78 is 6.94. The van der Waals surface area contributed by atoms with E-state index in [1.807, 2.05) is 6.26 Å². The highest BCUT2D eigenvalue weighted by atomic mass is 32.2. The van der Waals surface area contributed by atoms with Crippen molar-refractivity contribution in [2.75, 3.05) is 11.6 Å². The largest absolute Gasteiger partial charge is 0.433 e. The summed E-state index contributed by atoms with van der Waals surface area (Å²) in [7, 11) is 0. The number of nitrogens with zero attached hydrogens (tertiary/aromatic N) is 4. The number of aromatic nitrogens is 3. The maximum absolute atomic E-state index is 12.5. The van der Waals surface area contributed by atoms with Gasteiger partial charge in [0, 0.05) is 17.7 Å². The third kappa shape index (κ3) is 2.21. The normalized spacial score (nSPS) is 19.7. The molecule has 1 aliphatic heterocycles. The number of nitrogens with one attached hydrogen (secondary N) is 1. The van der Waals surface area contributed by atoms with Crippen molar-refractivity contribution in [2.45, 2.75) is 30.5 Å². The fraction of sp³-hybridized carbons (Fsp3) is 0.357. The van der Waals surface area contributed by atoms with Gasteiger partial charge in [0.25, 0.3) is 0 Å². The molecule has 2 aliphatic rings. The zero-order chi connectivity index (χ0) is 16.8. The summed E-state index contributed by atoms with van der Waals surface area (Å²) in [5.74, 6) is 0.460. The number of hydrogen-bond acceptors (Lipinski definition) is 8. The van der Waals surface area contributed by atoms with Crippen molar-refractivity contribution in [2.24, 2.45) is 0 Å². The minimum Gasteiger partial charge on any atom is -0.403 e. The number of hydrogen-bond donors (Lipinski definition) is 1. The molecule has 124 valence electrons. The van der Waals surface area contributed by atoms with Crippen molar-refractivity contribution in [3.05, 3.63) is 39.3 Å². The van der Waals surface area contributed by atoms with E-state index in [0.29, 0.717) is 28.9 Å². The molecule has 1 unspecified atom stereocenters. The van der Waals surface area contributed by atoms with Gasteiger partial charge in [0.1, 0.15) is 16.7 Å². The van der Waals surface area contributed by atoms with Crippen LogP contribution in [-0.2, 0) is 4.79 Å². The monoisotopic (exact) mass is 347 g/mol. The molecular formula is C14H13N5O4S. The number of rotatable bonds is 3. The van der Waals surface area contributed by atoms with Crippen LogP contribution >= 0.6 is 11.8 Å². The highest BCUT2D eigenvalue weighted by Gasteiger charge is 2.39. The van der Waals surface area contributed by atoms with Crippen LogP contribution in [0.3, 0.4) is 0 Å². The Morgan fingerprint density at radius 3 is 3.00 bits per heavy atom. The first-order valence-corrected chi connectivity index (χ1v) is 8.59. The molecule has 0 amide bonds. The summed E-state index contributed by atoms with van der Waals surface area (Å²) in [5, 5.41) is 19.0. The van der Waals surface area contributed by atoms with Crippen molar-refractivity contribution in [3.8, 4) is 0 Å². The molecule has 0 fully saturated rings. The molecule has 0 radical (unpaired) electrons. The van der Waals surface area contributed by atoms with Gasteiger partial charge >= 0.3 is 5.88 Å². The van der Waals surface area contributed by atoms with E-state index in [9.17, 15) is 14.9 Å². The average Bonchev–Trinajstić information content (AvgIpc) is 3.19. The maximum atomic E-state index is 12.5. The molecule has 9 nitrogen and oxygen atoms in total. The molecule has 2 aromatic heterocycles. The predicted octanol–water partition coefficient (Wildman–Crippen LogP) is 2.52. The zero-order valence-corrected chi connectivity index (χ0v) is 13.5. The van der Waals surface area contributed by atoms with Crippen LogP contribution in [0.25, 0.3) is 0 Å². The molecule has 4 rings (SSSR count). The van der Waals surface area contributed by atoms with E-state index in [0.717, 1.165) is 18.5 Å². The van der Waals surface area contributed by atoms with Crippen LogP contribution in [0.5, 0.6) is 0 Å². The van der Waals surface area contributed by atoms with Gasteiger partial charge in [0.05, 0.1) is 6.07 Å². The second-order valence-corrected chi connectivity index (χ2v) is 6.27. The highest BCUT2D eigenvalue weighted by molar-refractivity contribution is 7.98. The lowest BCUT2D eigenvalue weighted by molar-refractivity contribution is -0.402. The van der Waals surface area contributed by atoms with Gasteiger partial charge in [-0.15, -0.1) is 5.10 Å². The number of thioether (sulfide) groups is 1. The highest BCUT2D eigenvalue weighted by Crippen LogP contribution is 2.41. The molecule has 1 N–H and O–H groups in total. The molecule has 0 bridgehead atoms. The van der Waals surface area contributed by atoms with E-state index in [-0.39, 0.29) is 11.7 Å². The van der Waals surface area contributed by atoms with Crippen LogP contribution < -0.4 is 5.32 Å². The standard InChI is InChI=1S/C14H13N5O4S/c1-24-14-16-13-15-7-3-2-4-8(20)11(7)12(18(13)17-14)9-5-6-10(23-9)19(21)22/h5-6,12H,2-4H2,1H3,(H,15,16,17). The Morgan fingerprint density at radius 1 is 1.46 bits per heavy atom. The molecule has 0 saturated heterocycles. The molecule has 2 aromatic rings. The number of anilines is 1. The Bertz CT molecular complexity index is 884. The van der Waals surface area contributed by atoms with Gasteiger partial charge in [-0.25, -0.2) is 4.68 Å². The zero-order valence-electron chi connectivity index (χ0n) is 12.7.